The molecular formula is C22H26N2O. The minimum Gasteiger partial charge on any atom is -0.350 e. The van der Waals surface area contributed by atoms with E-state index in [-0.39, 0.29) is 5.91 Å². The molecule has 3 heteroatoms. The molecule has 1 atom stereocenters. The van der Waals surface area contributed by atoms with Gasteiger partial charge < -0.3 is 5.32 Å². The number of nitrogens with one attached hydrogen (secondary N) is 1. The summed E-state index contributed by atoms with van der Waals surface area (Å²) in [4.78, 5) is 15.6. The van der Waals surface area contributed by atoms with Crippen LogP contribution in [0.4, 0.5) is 0 Å². The van der Waals surface area contributed by atoms with E-state index in [1.807, 2.05) is 0 Å². The van der Waals surface area contributed by atoms with E-state index in [0.717, 1.165) is 32.4 Å². The number of fused-ring (bicyclic) bond motifs is 1. The Bertz CT molecular complexity index is 793. The van der Waals surface area contributed by atoms with Gasteiger partial charge >= 0.3 is 0 Å². The van der Waals surface area contributed by atoms with Crippen molar-refractivity contribution in [3.8, 4) is 0 Å². The first-order valence-corrected chi connectivity index (χ1v) is 9.25. The van der Waals surface area contributed by atoms with Crippen LogP contribution in [0, 0.1) is 13.8 Å². The van der Waals surface area contributed by atoms with Crippen LogP contribution in [0.1, 0.15) is 40.7 Å². The van der Waals surface area contributed by atoms with Gasteiger partial charge in [-0.15, -0.1) is 0 Å². The number of hydrogen-bond acceptors (Lipinski definition) is 2. The zero-order valence-corrected chi connectivity index (χ0v) is 15.1. The zero-order valence-electron chi connectivity index (χ0n) is 15.1. The first kappa shape index (κ1) is 16.3. The van der Waals surface area contributed by atoms with Gasteiger partial charge in [0.25, 0.3) is 0 Å². The minimum absolute atomic E-state index is 0.201. The number of aryl methyl sites for hydroxylation is 2. The van der Waals surface area contributed by atoms with E-state index in [9.17, 15) is 4.79 Å². The highest BCUT2D eigenvalue weighted by molar-refractivity contribution is 5.87. The van der Waals surface area contributed by atoms with Gasteiger partial charge in [0.2, 0.25) is 5.91 Å². The van der Waals surface area contributed by atoms with Crippen LogP contribution < -0.4 is 5.32 Å². The number of carbonyl (C=O) groups is 1. The lowest BCUT2D eigenvalue weighted by atomic mass is 9.86. The molecule has 2 heterocycles. The number of nitrogens with zero attached hydrogens (tertiary/aromatic N) is 1. The van der Waals surface area contributed by atoms with Crippen LogP contribution in [0.5, 0.6) is 0 Å². The number of hydrogen-bond donors (Lipinski definition) is 1. The standard InChI is InChI=1S/C22H26N2O/c1-16-7-5-8-17(2)20(16)15-24-12-6-11-22(24)13-18-9-3-4-10-19(18)14-23-21(22)25/h3-5,7-10H,6,11-15H2,1-2H3,(H,23,25). The SMILES string of the molecule is Cc1cccc(C)c1CN1CCCC12Cc1ccccc1CNC2=O. The molecule has 0 aromatic heterocycles. The topological polar surface area (TPSA) is 32.3 Å². The highest BCUT2D eigenvalue weighted by Crippen LogP contribution is 2.37. The molecule has 1 spiro atoms. The van der Waals surface area contributed by atoms with Gasteiger partial charge in [-0.1, -0.05) is 42.5 Å². The van der Waals surface area contributed by atoms with Crippen LogP contribution in [0.2, 0.25) is 0 Å². The second kappa shape index (κ2) is 6.30. The van der Waals surface area contributed by atoms with Crippen molar-refractivity contribution in [3.05, 3.63) is 70.3 Å². The summed E-state index contributed by atoms with van der Waals surface area (Å²) in [6.45, 7) is 6.84. The largest absolute Gasteiger partial charge is 0.350 e. The predicted octanol–water partition coefficient (Wildman–Crippen LogP) is 3.51. The lowest BCUT2D eigenvalue weighted by Gasteiger charge is -2.37. The smallest absolute Gasteiger partial charge is 0.241 e. The molecule has 3 nitrogen and oxygen atoms in total. The highest BCUT2D eigenvalue weighted by Gasteiger charge is 2.48. The molecule has 1 amide bonds. The first-order valence-electron chi connectivity index (χ1n) is 9.25. The molecule has 0 aliphatic carbocycles. The Labute approximate surface area is 150 Å². The lowest BCUT2D eigenvalue weighted by Crippen LogP contribution is -2.55. The van der Waals surface area contributed by atoms with Crippen LogP contribution in [0.3, 0.4) is 0 Å². The summed E-state index contributed by atoms with van der Waals surface area (Å²) in [7, 11) is 0. The fourth-order valence-electron chi connectivity index (χ4n) is 4.55. The Kier molecular flexibility index (Phi) is 4.12. The maximum Gasteiger partial charge on any atom is 0.241 e. The molecule has 0 bridgehead atoms. The molecule has 1 saturated heterocycles. The molecule has 1 unspecified atom stereocenters. The van der Waals surface area contributed by atoms with Crippen molar-refractivity contribution in [1.82, 2.24) is 10.2 Å². The summed E-state index contributed by atoms with van der Waals surface area (Å²) in [5.41, 5.74) is 6.17. The average Bonchev–Trinajstić information content (AvgIpc) is 2.94. The van der Waals surface area contributed by atoms with Crippen molar-refractivity contribution >= 4 is 5.91 Å². The number of rotatable bonds is 2. The van der Waals surface area contributed by atoms with E-state index in [1.165, 1.54) is 27.8 Å². The van der Waals surface area contributed by atoms with Crippen LogP contribution in [0.15, 0.2) is 42.5 Å². The zero-order chi connectivity index (χ0) is 17.4. The van der Waals surface area contributed by atoms with Crippen molar-refractivity contribution in [1.29, 1.82) is 0 Å². The average molecular weight is 334 g/mol. The monoisotopic (exact) mass is 334 g/mol. The summed E-state index contributed by atoms with van der Waals surface area (Å²) in [6.07, 6.45) is 2.85. The van der Waals surface area contributed by atoms with Gasteiger partial charge in [0.05, 0.1) is 0 Å². The highest BCUT2D eigenvalue weighted by atomic mass is 16.2. The van der Waals surface area contributed by atoms with Crippen LogP contribution in [-0.4, -0.2) is 22.9 Å². The van der Waals surface area contributed by atoms with Crippen LogP contribution in [-0.2, 0) is 24.3 Å². The van der Waals surface area contributed by atoms with Gasteiger partial charge in [-0.05, 0) is 61.1 Å². The molecule has 0 saturated carbocycles. The van der Waals surface area contributed by atoms with Crippen molar-refractivity contribution in [2.45, 2.75) is 51.7 Å². The third-order valence-corrected chi connectivity index (χ3v) is 6.08. The molecule has 2 aliphatic rings. The molecule has 4 rings (SSSR count). The lowest BCUT2D eigenvalue weighted by molar-refractivity contribution is -0.132. The van der Waals surface area contributed by atoms with Crippen LogP contribution in [0.25, 0.3) is 0 Å². The summed E-state index contributed by atoms with van der Waals surface area (Å²) in [5, 5.41) is 3.20. The van der Waals surface area contributed by atoms with Crippen molar-refractivity contribution in [3.63, 3.8) is 0 Å². The van der Waals surface area contributed by atoms with Crippen LogP contribution >= 0.6 is 0 Å². The fraction of sp³-hybridized carbons (Fsp3) is 0.409. The van der Waals surface area contributed by atoms with Crippen molar-refractivity contribution in [2.24, 2.45) is 0 Å². The number of amides is 1. The molecule has 0 radical (unpaired) electrons. The predicted molar refractivity (Wildman–Crippen MR) is 100 cm³/mol. The Morgan fingerprint density at radius 2 is 1.76 bits per heavy atom. The van der Waals surface area contributed by atoms with Crippen molar-refractivity contribution in [2.75, 3.05) is 6.54 Å². The number of carbonyl (C=O) groups excluding carboxylic acids is 1. The van der Waals surface area contributed by atoms with E-state index >= 15 is 0 Å². The number of likely N-dealkylation sites (tertiary alicyclic amines) is 1. The molecule has 2 aromatic rings. The van der Waals surface area contributed by atoms with Gasteiger partial charge in [0, 0.05) is 19.5 Å². The molecular weight excluding hydrogens is 308 g/mol. The van der Waals surface area contributed by atoms with E-state index < -0.39 is 5.54 Å². The van der Waals surface area contributed by atoms with E-state index in [0.29, 0.717) is 6.54 Å². The molecule has 1 fully saturated rings. The van der Waals surface area contributed by atoms with Gasteiger partial charge in [0.1, 0.15) is 5.54 Å². The maximum absolute atomic E-state index is 13.1. The summed E-state index contributed by atoms with van der Waals surface area (Å²) in [6, 6.07) is 14.9. The first-order chi connectivity index (χ1) is 12.1. The third kappa shape index (κ3) is 2.77. The molecule has 2 aromatic carbocycles. The Hall–Kier alpha value is -2.13. The summed E-state index contributed by atoms with van der Waals surface area (Å²) < 4.78 is 0. The Morgan fingerprint density at radius 1 is 1.04 bits per heavy atom. The number of benzene rings is 2. The molecule has 1 N–H and O–H groups in total. The Balaban J connectivity index is 1.71. The molecule has 2 aliphatic heterocycles. The molecule has 25 heavy (non-hydrogen) atoms. The van der Waals surface area contributed by atoms with Crippen molar-refractivity contribution < 1.29 is 4.79 Å². The van der Waals surface area contributed by atoms with Gasteiger partial charge in [-0.25, -0.2) is 0 Å². The van der Waals surface area contributed by atoms with E-state index in [2.05, 4.69) is 66.5 Å². The Morgan fingerprint density at radius 3 is 2.52 bits per heavy atom. The van der Waals surface area contributed by atoms with E-state index in [4.69, 9.17) is 0 Å². The second-order valence-corrected chi connectivity index (χ2v) is 7.56. The summed E-state index contributed by atoms with van der Waals surface area (Å²) in [5.74, 6) is 0.201. The van der Waals surface area contributed by atoms with E-state index in [1.54, 1.807) is 0 Å². The fourth-order valence-corrected chi connectivity index (χ4v) is 4.55. The van der Waals surface area contributed by atoms with Gasteiger partial charge in [-0.3, -0.25) is 9.69 Å². The quantitative estimate of drug-likeness (QED) is 0.911. The minimum atomic E-state index is -0.401. The summed E-state index contributed by atoms with van der Waals surface area (Å²) >= 11 is 0. The normalized spacial score (nSPS) is 23.4. The van der Waals surface area contributed by atoms with Gasteiger partial charge in [-0.2, -0.15) is 0 Å². The molecule has 130 valence electrons. The second-order valence-electron chi connectivity index (χ2n) is 7.56. The third-order valence-electron chi connectivity index (χ3n) is 6.08. The van der Waals surface area contributed by atoms with Gasteiger partial charge in [0.15, 0.2) is 0 Å². The maximum atomic E-state index is 13.1.